The van der Waals surface area contributed by atoms with Crippen LogP contribution in [0.1, 0.15) is 36.8 Å². The fourth-order valence-electron chi connectivity index (χ4n) is 2.66. The molecule has 4 nitrogen and oxygen atoms in total. The molecule has 5 heteroatoms. The lowest BCUT2D eigenvalue weighted by Gasteiger charge is -2.20. The molecule has 1 N–H and O–H groups in total. The Balaban J connectivity index is 2.08. The van der Waals surface area contributed by atoms with E-state index in [0.29, 0.717) is 13.1 Å². The Morgan fingerprint density at radius 3 is 2.40 bits per heavy atom. The summed E-state index contributed by atoms with van der Waals surface area (Å²) < 4.78 is 26.6. The fourth-order valence-corrected chi connectivity index (χ4v) is 4.25. The van der Waals surface area contributed by atoms with Gasteiger partial charge in [-0.2, -0.15) is 0 Å². The largest absolute Gasteiger partial charge is 0.316 e. The maximum Gasteiger partial charge on any atom is 0.218 e. The molecule has 112 valence electrons. The van der Waals surface area contributed by atoms with Gasteiger partial charge in [-0.25, -0.2) is 12.7 Å². The van der Waals surface area contributed by atoms with Gasteiger partial charge in [-0.3, -0.25) is 0 Å². The summed E-state index contributed by atoms with van der Waals surface area (Å²) in [6.07, 6.45) is 4.26. The molecule has 0 radical (unpaired) electrons. The molecule has 1 fully saturated rings. The van der Waals surface area contributed by atoms with Crippen LogP contribution in [0.25, 0.3) is 0 Å². The molecule has 0 aliphatic carbocycles. The molecule has 0 unspecified atom stereocenters. The summed E-state index contributed by atoms with van der Waals surface area (Å²) in [5, 5.41) is 3.09. The van der Waals surface area contributed by atoms with Crippen molar-refractivity contribution in [1.29, 1.82) is 0 Å². The van der Waals surface area contributed by atoms with E-state index < -0.39 is 10.0 Å². The highest BCUT2D eigenvalue weighted by Gasteiger charge is 2.23. The number of hydrogen-bond donors (Lipinski definition) is 1. The Morgan fingerprint density at radius 2 is 1.75 bits per heavy atom. The van der Waals surface area contributed by atoms with Gasteiger partial charge in [-0.15, -0.1) is 0 Å². The normalized spacial score (nSPS) is 17.9. The number of rotatable bonds is 5. The van der Waals surface area contributed by atoms with Gasteiger partial charge in [0.25, 0.3) is 0 Å². The monoisotopic (exact) mass is 296 g/mol. The second-order valence-electron chi connectivity index (χ2n) is 5.42. The summed E-state index contributed by atoms with van der Waals surface area (Å²) in [6.45, 7) is 2.12. The number of nitrogens with zero attached hydrogens (tertiary/aromatic N) is 1. The summed E-state index contributed by atoms with van der Waals surface area (Å²) in [5.74, 6) is 0.116. The van der Waals surface area contributed by atoms with E-state index in [2.05, 4.69) is 5.32 Å². The summed E-state index contributed by atoms with van der Waals surface area (Å²) in [6, 6.07) is 7.82. The Hall–Kier alpha value is -0.910. The van der Waals surface area contributed by atoms with Crippen LogP contribution in [0.15, 0.2) is 24.3 Å². The van der Waals surface area contributed by atoms with E-state index in [0.717, 1.165) is 43.4 Å². The summed E-state index contributed by atoms with van der Waals surface area (Å²) in [7, 11) is -1.29. The maximum atomic E-state index is 12.5. The first-order valence-electron chi connectivity index (χ1n) is 7.32. The molecule has 1 aromatic rings. The number of nitrogens with one attached hydrogen (secondary N) is 1. The quantitative estimate of drug-likeness (QED) is 0.905. The SMILES string of the molecule is CNCc1cccc(CS(=O)(=O)N2CCCCCC2)c1. The van der Waals surface area contributed by atoms with E-state index in [4.69, 9.17) is 0 Å². The van der Waals surface area contributed by atoms with Crippen molar-refractivity contribution in [1.82, 2.24) is 9.62 Å². The third-order valence-electron chi connectivity index (χ3n) is 3.68. The van der Waals surface area contributed by atoms with Crippen LogP contribution < -0.4 is 5.32 Å². The smallest absolute Gasteiger partial charge is 0.218 e. The first kappa shape index (κ1) is 15.5. The van der Waals surface area contributed by atoms with E-state index in [-0.39, 0.29) is 5.75 Å². The van der Waals surface area contributed by atoms with Gasteiger partial charge in [-0.05, 0) is 31.0 Å². The van der Waals surface area contributed by atoms with Gasteiger partial charge >= 0.3 is 0 Å². The Bertz CT molecular complexity index is 520. The third kappa shape index (κ3) is 4.30. The molecule has 0 amide bonds. The van der Waals surface area contributed by atoms with E-state index in [1.807, 2.05) is 31.3 Å². The zero-order valence-corrected chi connectivity index (χ0v) is 13.0. The van der Waals surface area contributed by atoms with E-state index in [1.165, 1.54) is 0 Å². The lowest BCUT2D eigenvalue weighted by atomic mass is 10.1. The van der Waals surface area contributed by atoms with Crippen molar-refractivity contribution in [3.63, 3.8) is 0 Å². The number of benzene rings is 1. The first-order chi connectivity index (χ1) is 9.62. The van der Waals surface area contributed by atoms with Gasteiger partial charge in [0.15, 0.2) is 0 Å². The standard InChI is InChI=1S/C15H24N2O2S/c1-16-12-14-7-6-8-15(11-14)13-20(18,19)17-9-4-2-3-5-10-17/h6-8,11,16H,2-5,9-10,12-13H2,1H3. The predicted octanol–water partition coefficient (Wildman–Crippen LogP) is 2.11. The summed E-state index contributed by atoms with van der Waals surface area (Å²) in [5.41, 5.74) is 2.00. The molecule has 0 spiro atoms. The molecule has 1 heterocycles. The minimum atomic E-state index is -3.18. The highest BCUT2D eigenvalue weighted by Crippen LogP contribution is 2.17. The topological polar surface area (TPSA) is 49.4 Å². The molecule has 20 heavy (non-hydrogen) atoms. The van der Waals surface area contributed by atoms with Crippen molar-refractivity contribution in [2.45, 2.75) is 38.0 Å². The van der Waals surface area contributed by atoms with E-state index in [9.17, 15) is 8.42 Å². The van der Waals surface area contributed by atoms with E-state index in [1.54, 1.807) is 4.31 Å². The molecule has 1 aliphatic heterocycles. The van der Waals surface area contributed by atoms with Crippen LogP contribution in [0.4, 0.5) is 0 Å². The molecule has 2 rings (SSSR count). The summed E-state index contributed by atoms with van der Waals surface area (Å²) in [4.78, 5) is 0. The zero-order valence-electron chi connectivity index (χ0n) is 12.1. The van der Waals surface area contributed by atoms with Crippen LogP contribution in [0.5, 0.6) is 0 Å². The second-order valence-corrected chi connectivity index (χ2v) is 7.39. The van der Waals surface area contributed by atoms with Crippen molar-refractivity contribution in [2.75, 3.05) is 20.1 Å². The molecule has 1 saturated heterocycles. The lowest BCUT2D eigenvalue weighted by molar-refractivity contribution is 0.423. The van der Waals surface area contributed by atoms with Crippen LogP contribution in [-0.4, -0.2) is 32.9 Å². The molecule has 1 aromatic carbocycles. The van der Waals surface area contributed by atoms with Gasteiger partial charge in [0.2, 0.25) is 10.0 Å². The van der Waals surface area contributed by atoms with Crippen LogP contribution in [0, 0.1) is 0 Å². The average Bonchev–Trinajstić information content (AvgIpc) is 2.68. The van der Waals surface area contributed by atoms with Crippen molar-refractivity contribution in [3.05, 3.63) is 35.4 Å². The maximum absolute atomic E-state index is 12.5. The minimum Gasteiger partial charge on any atom is -0.316 e. The molecule has 0 bridgehead atoms. The predicted molar refractivity (Wildman–Crippen MR) is 81.9 cm³/mol. The van der Waals surface area contributed by atoms with Gasteiger partial charge in [0.05, 0.1) is 5.75 Å². The molecular formula is C15H24N2O2S. The summed E-state index contributed by atoms with van der Waals surface area (Å²) >= 11 is 0. The molecule has 1 aliphatic rings. The Kier molecular flexibility index (Phi) is 5.57. The second kappa shape index (κ2) is 7.20. The Morgan fingerprint density at radius 1 is 1.10 bits per heavy atom. The van der Waals surface area contributed by atoms with Crippen molar-refractivity contribution >= 4 is 10.0 Å². The van der Waals surface area contributed by atoms with Crippen molar-refractivity contribution in [3.8, 4) is 0 Å². The van der Waals surface area contributed by atoms with Crippen LogP contribution in [0.2, 0.25) is 0 Å². The zero-order chi connectivity index (χ0) is 14.4. The van der Waals surface area contributed by atoms with Crippen LogP contribution in [0.3, 0.4) is 0 Å². The molecule has 0 saturated carbocycles. The fraction of sp³-hybridized carbons (Fsp3) is 0.600. The van der Waals surface area contributed by atoms with Gasteiger partial charge in [0.1, 0.15) is 0 Å². The average molecular weight is 296 g/mol. The highest BCUT2D eigenvalue weighted by atomic mass is 32.2. The Labute approximate surface area is 122 Å². The third-order valence-corrected chi connectivity index (χ3v) is 5.53. The van der Waals surface area contributed by atoms with Gasteiger partial charge < -0.3 is 5.32 Å². The first-order valence-corrected chi connectivity index (χ1v) is 8.93. The number of hydrogen-bond acceptors (Lipinski definition) is 3. The lowest BCUT2D eigenvalue weighted by Crippen LogP contribution is -2.32. The van der Waals surface area contributed by atoms with Gasteiger partial charge in [0, 0.05) is 19.6 Å². The highest BCUT2D eigenvalue weighted by molar-refractivity contribution is 7.88. The molecular weight excluding hydrogens is 272 g/mol. The van der Waals surface area contributed by atoms with E-state index >= 15 is 0 Å². The van der Waals surface area contributed by atoms with Crippen LogP contribution >= 0.6 is 0 Å². The van der Waals surface area contributed by atoms with Gasteiger partial charge in [-0.1, -0.05) is 37.1 Å². The molecule has 0 aromatic heterocycles. The van der Waals surface area contributed by atoms with Crippen molar-refractivity contribution < 1.29 is 8.42 Å². The minimum absolute atomic E-state index is 0.116. The molecule has 0 atom stereocenters. The van der Waals surface area contributed by atoms with Crippen LogP contribution in [-0.2, 0) is 22.3 Å². The number of sulfonamides is 1. The van der Waals surface area contributed by atoms with Crippen molar-refractivity contribution in [2.24, 2.45) is 0 Å².